The van der Waals surface area contributed by atoms with Gasteiger partial charge in [0.2, 0.25) is 0 Å². The minimum absolute atomic E-state index is 0.0214. The van der Waals surface area contributed by atoms with Crippen molar-refractivity contribution in [2.45, 2.75) is 71.6 Å². The summed E-state index contributed by atoms with van der Waals surface area (Å²) in [6.45, 7) is 10.8. The van der Waals surface area contributed by atoms with Gasteiger partial charge in [-0.1, -0.05) is 0 Å². The predicted molar refractivity (Wildman–Crippen MR) is 101 cm³/mol. The molecule has 0 aromatic carbocycles. The van der Waals surface area contributed by atoms with Gasteiger partial charge in [0, 0.05) is 13.0 Å². The fourth-order valence-electron chi connectivity index (χ4n) is 2.36. The summed E-state index contributed by atoms with van der Waals surface area (Å²) in [6.07, 6.45) is -0.144. The van der Waals surface area contributed by atoms with E-state index in [9.17, 15) is 14.4 Å². The van der Waals surface area contributed by atoms with Crippen molar-refractivity contribution in [3.8, 4) is 0 Å². The summed E-state index contributed by atoms with van der Waals surface area (Å²) >= 11 is 0. The first kappa shape index (κ1) is 26.3. The third-order valence-electron chi connectivity index (χ3n) is 3.52. The highest BCUT2D eigenvalue weighted by Crippen LogP contribution is 2.24. The Bertz CT molecular complexity index is 483. The lowest BCUT2D eigenvalue weighted by Gasteiger charge is -2.34. The summed E-state index contributed by atoms with van der Waals surface area (Å²) in [5, 5.41) is 0. The highest BCUT2D eigenvalue weighted by molar-refractivity contribution is 6.04. The highest BCUT2D eigenvalue weighted by Gasteiger charge is 2.55. The van der Waals surface area contributed by atoms with Crippen LogP contribution in [-0.4, -0.2) is 68.2 Å². The van der Waals surface area contributed by atoms with Gasteiger partial charge in [0.15, 0.2) is 0 Å². The van der Waals surface area contributed by atoms with Crippen LogP contribution in [0.25, 0.3) is 0 Å². The number of hydrogen-bond donors (Lipinski definition) is 1. The van der Waals surface area contributed by atoms with Crippen molar-refractivity contribution in [3.05, 3.63) is 0 Å². The second-order valence-corrected chi connectivity index (χ2v) is 6.95. The molecule has 9 nitrogen and oxygen atoms in total. The molecule has 9 heteroatoms. The van der Waals surface area contributed by atoms with Crippen LogP contribution in [-0.2, 0) is 38.1 Å². The maximum atomic E-state index is 12.7. The van der Waals surface area contributed by atoms with E-state index in [1.165, 1.54) is 0 Å². The molecule has 0 amide bonds. The molecule has 0 aliphatic rings. The predicted octanol–water partition coefficient (Wildman–Crippen LogP) is 1.35. The maximum Gasteiger partial charge on any atom is 0.352 e. The molecule has 1 atom stereocenters. The van der Waals surface area contributed by atoms with E-state index < -0.39 is 35.2 Å². The first-order valence-corrected chi connectivity index (χ1v) is 9.58. The van der Waals surface area contributed by atoms with E-state index in [0.717, 1.165) is 0 Å². The highest BCUT2D eigenvalue weighted by atomic mass is 16.6. The molecule has 0 saturated heterocycles. The monoisotopic (exact) mass is 405 g/mol. The quantitative estimate of drug-likeness (QED) is 0.209. The molecule has 164 valence electrons. The van der Waals surface area contributed by atoms with Crippen molar-refractivity contribution in [2.24, 2.45) is 5.73 Å². The molecule has 0 aromatic heterocycles. The molecule has 0 spiro atoms. The van der Waals surface area contributed by atoms with E-state index in [0.29, 0.717) is 6.61 Å². The van der Waals surface area contributed by atoms with Crippen LogP contribution in [0.2, 0.25) is 0 Å². The van der Waals surface area contributed by atoms with Crippen molar-refractivity contribution in [2.75, 3.05) is 33.0 Å². The van der Waals surface area contributed by atoms with E-state index >= 15 is 0 Å². The van der Waals surface area contributed by atoms with Gasteiger partial charge in [-0.05, 0) is 48.0 Å². The maximum absolute atomic E-state index is 12.7. The van der Waals surface area contributed by atoms with E-state index in [1.54, 1.807) is 41.5 Å². The Balaban J connectivity index is 5.51. The topological polar surface area (TPSA) is 123 Å². The van der Waals surface area contributed by atoms with Crippen molar-refractivity contribution < 1.29 is 38.1 Å². The van der Waals surface area contributed by atoms with Crippen LogP contribution in [0, 0.1) is 0 Å². The van der Waals surface area contributed by atoms with Crippen LogP contribution in [0.3, 0.4) is 0 Å². The third-order valence-corrected chi connectivity index (χ3v) is 3.52. The van der Waals surface area contributed by atoms with Gasteiger partial charge in [-0.25, -0.2) is 9.59 Å². The molecule has 0 heterocycles. The van der Waals surface area contributed by atoms with Gasteiger partial charge in [-0.2, -0.15) is 0 Å². The third kappa shape index (κ3) is 8.53. The minimum atomic E-state index is -2.19. The Morgan fingerprint density at radius 3 is 1.86 bits per heavy atom. The molecule has 0 aliphatic carbocycles. The summed E-state index contributed by atoms with van der Waals surface area (Å²) in [5.41, 5.74) is 3.32. The van der Waals surface area contributed by atoms with Gasteiger partial charge in [-0.3, -0.25) is 4.79 Å². The fourth-order valence-corrected chi connectivity index (χ4v) is 2.36. The number of nitrogens with two attached hydrogens (primary N) is 1. The minimum Gasteiger partial charge on any atom is -0.463 e. The second kappa shape index (κ2) is 12.7. The van der Waals surface area contributed by atoms with E-state index in [1.807, 2.05) is 0 Å². The van der Waals surface area contributed by atoms with Crippen molar-refractivity contribution in [3.63, 3.8) is 0 Å². The largest absolute Gasteiger partial charge is 0.463 e. The number of carbonyl (C=O) groups is 3. The molecule has 0 saturated carbocycles. The molecule has 0 fully saturated rings. The van der Waals surface area contributed by atoms with Gasteiger partial charge in [0.1, 0.15) is 5.60 Å². The van der Waals surface area contributed by atoms with E-state index in [4.69, 9.17) is 29.4 Å². The van der Waals surface area contributed by atoms with Crippen LogP contribution in [0.15, 0.2) is 0 Å². The lowest BCUT2D eigenvalue weighted by molar-refractivity contribution is -0.196. The van der Waals surface area contributed by atoms with Crippen molar-refractivity contribution >= 4 is 17.9 Å². The van der Waals surface area contributed by atoms with Crippen molar-refractivity contribution in [1.29, 1.82) is 0 Å². The zero-order chi connectivity index (χ0) is 21.8. The van der Waals surface area contributed by atoms with Crippen LogP contribution < -0.4 is 5.73 Å². The van der Waals surface area contributed by atoms with Crippen LogP contribution in [0.1, 0.15) is 54.4 Å². The second-order valence-electron chi connectivity index (χ2n) is 6.95. The zero-order valence-corrected chi connectivity index (χ0v) is 17.9. The summed E-state index contributed by atoms with van der Waals surface area (Å²) in [5.74, 6) is -2.41. The molecule has 2 N–H and O–H groups in total. The summed E-state index contributed by atoms with van der Waals surface area (Å²) in [4.78, 5) is 37.4. The van der Waals surface area contributed by atoms with E-state index in [-0.39, 0.29) is 39.3 Å². The average molecular weight is 405 g/mol. The normalized spacial score (nSPS) is 13.0. The first-order valence-electron chi connectivity index (χ1n) is 9.58. The lowest BCUT2D eigenvalue weighted by atomic mass is 9.90. The Morgan fingerprint density at radius 2 is 1.43 bits per heavy atom. The molecule has 28 heavy (non-hydrogen) atoms. The van der Waals surface area contributed by atoms with Crippen LogP contribution >= 0.6 is 0 Å². The molecular weight excluding hydrogens is 370 g/mol. The molecular formula is C19H35NO8. The van der Waals surface area contributed by atoms with E-state index in [2.05, 4.69) is 0 Å². The zero-order valence-electron chi connectivity index (χ0n) is 17.9. The molecule has 0 radical (unpaired) electrons. The van der Waals surface area contributed by atoms with Crippen LogP contribution in [0.4, 0.5) is 0 Å². The molecule has 0 rings (SSSR count). The molecule has 0 aliphatic heterocycles. The van der Waals surface area contributed by atoms with Gasteiger partial charge in [0.05, 0.1) is 32.5 Å². The Morgan fingerprint density at radius 1 is 0.893 bits per heavy atom. The van der Waals surface area contributed by atoms with Gasteiger partial charge in [-0.15, -0.1) is 0 Å². The number of carbonyl (C=O) groups excluding carboxylic acids is 3. The Hall–Kier alpha value is -1.71. The first-order chi connectivity index (χ1) is 13.0. The van der Waals surface area contributed by atoms with Gasteiger partial charge < -0.3 is 29.4 Å². The molecule has 0 aromatic rings. The summed E-state index contributed by atoms with van der Waals surface area (Å²) < 4.78 is 26.1. The number of hydrogen-bond acceptors (Lipinski definition) is 9. The van der Waals surface area contributed by atoms with Gasteiger partial charge in [0.25, 0.3) is 5.60 Å². The summed E-state index contributed by atoms with van der Waals surface area (Å²) in [7, 11) is 0. The smallest absolute Gasteiger partial charge is 0.352 e. The van der Waals surface area contributed by atoms with Gasteiger partial charge >= 0.3 is 17.9 Å². The number of rotatable bonds is 13. The Kier molecular flexibility index (Phi) is 11.9. The average Bonchev–Trinajstić information content (AvgIpc) is 2.59. The van der Waals surface area contributed by atoms with Crippen molar-refractivity contribution in [1.82, 2.24) is 0 Å². The standard InChI is InChI=1S/C19H35NO8/c1-7-24-12-13-27-19(16(22)25-8-2,17(23)26-9-3)14(20)10-11-15(21)28-18(4,5)6/h14H,7-13,20H2,1-6H3. The van der Waals surface area contributed by atoms with Crippen LogP contribution in [0.5, 0.6) is 0 Å². The molecule has 1 unspecified atom stereocenters. The lowest BCUT2D eigenvalue weighted by Crippen LogP contribution is -2.63. The number of ether oxygens (including phenoxy) is 5. The molecule has 0 bridgehead atoms. The Labute approximate surface area is 167 Å². The summed E-state index contributed by atoms with van der Waals surface area (Å²) in [6, 6.07) is -1.18. The SMILES string of the molecule is CCOCCOC(C(=O)OCC)(C(=O)OCC)C(N)CCC(=O)OC(C)(C)C. The fraction of sp³-hybridized carbons (Fsp3) is 0.842. The number of esters is 3.